The number of fused-ring (bicyclic) bond motifs is 4. The van der Waals surface area contributed by atoms with Crippen LogP contribution >= 0.6 is 34.8 Å². The topological polar surface area (TPSA) is 105 Å². The lowest BCUT2D eigenvalue weighted by Gasteiger charge is -2.10. The van der Waals surface area contributed by atoms with E-state index >= 15 is 0 Å². The molecule has 0 amide bonds. The summed E-state index contributed by atoms with van der Waals surface area (Å²) in [5, 5.41) is 1.71. The van der Waals surface area contributed by atoms with Gasteiger partial charge in [0.15, 0.2) is 0 Å². The van der Waals surface area contributed by atoms with Crippen molar-refractivity contribution in [3.05, 3.63) is 140 Å². The van der Waals surface area contributed by atoms with Gasteiger partial charge in [-0.15, -0.1) is 0 Å². The molecule has 4 saturated heterocycles. The summed E-state index contributed by atoms with van der Waals surface area (Å²) in [4.78, 5) is 46.2. The van der Waals surface area contributed by atoms with Crippen LogP contribution < -0.4 is 0 Å². The lowest BCUT2D eigenvalue weighted by atomic mass is 9.95. The largest absolute Gasteiger partial charge is 0.465 e. The smallest absolute Gasteiger partial charge is 0.317 e. The molecule has 4 heterocycles. The third-order valence-electron chi connectivity index (χ3n) is 13.0. The zero-order chi connectivity index (χ0) is 39.0. The third kappa shape index (κ3) is 5.92. The predicted molar refractivity (Wildman–Crippen MR) is 204 cm³/mol. The van der Waals surface area contributed by atoms with Crippen LogP contribution in [0.3, 0.4) is 0 Å². The van der Waals surface area contributed by atoms with E-state index < -0.39 is 10.8 Å². The molecule has 8 nitrogen and oxygen atoms in total. The first-order valence-electron chi connectivity index (χ1n) is 18.7. The molecule has 4 aliphatic heterocycles. The number of hydrogen-bond donors (Lipinski definition) is 0. The molecule has 0 aromatic heterocycles. The van der Waals surface area contributed by atoms with E-state index in [0.29, 0.717) is 65.2 Å². The van der Waals surface area contributed by atoms with E-state index in [2.05, 4.69) is 0 Å². The fraction of sp³-hybridized carbons (Fsp3) is 0.364. The summed E-state index contributed by atoms with van der Waals surface area (Å²) in [5.41, 5.74) is 2.61. The van der Waals surface area contributed by atoms with Crippen LogP contribution in [0.2, 0.25) is 15.1 Å². The van der Waals surface area contributed by atoms with Gasteiger partial charge in [0.1, 0.15) is 5.82 Å². The van der Waals surface area contributed by atoms with Gasteiger partial charge in [-0.3, -0.25) is 19.2 Å². The first-order valence-corrected chi connectivity index (χ1v) is 19.8. The second-order valence-electron chi connectivity index (χ2n) is 15.9. The molecule has 0 bridgehead atoms. The van der Waals surface area contributed by atoms with Gasteiger partial charge < -0.3 is 18.9 Å². The quantitative estimate of drug-likeness (QED) is 0.150. The zero-order valence-corrected chi connectivity index (χ0v) is 32.2. The van der Waals surface area contributed by atoms with Crippen molar-refractivity contribution in [2.24, 2.45) is 23.7 Å². The minimum absolute atomic E-state index is 0.0244. The van der Waals surface area contributed by atoms with Gasteiger partial charge in [-0.25, -0.2) is 4.39 Å². The standard InChI is InChI=1S/C11H8Cl2O2.C11H9ClO2.C11H9FO2.C11H10O2/c12-8-2-1-6(3-9(8)13)11-4-7(11)5-15-10(11)14;2*12-9-3-1-7(2-4-9)11-5-8(11)6-14-10(11)13;12-10-11(6-9(11)7-13-10)8-4-2-1-3-5-8/h1-3,7H,4-5H2;2*1-4,8H,5-6H2;1-5,9H,6-7H2. The number of carbonyl (C=O) groups excluding carboxylic acids is 4. The van der Waals surface area contributed by atoms with Gasteiger partial charge in [-0.05, 0) is 84.3 Å². The van der Waals surface area contributed by atoms with Crippen molar-refractivity contribution < 1.29 is 42.5 Å². The molecule has 12 rings (SSSR count). The van der Waals surface area contributed by atoms with E-state index in [1.807, 2.05) is 60.7 Å². The van der Waals surface area contributed by atoms with Gasteiger partial charge in [0, 0.05) is 28.7 Å². The highest BCUT2D eigenvalue weighted by atomic mass is 35.5. The second-order valence-corrected chi connectivity index (χ2v) is 17.1. The maximum Gasteiger partial charge on any atom is 0.317 e. The van der Waals surface area contributed by atoms with Crippen molar-refractivity contribution in [2.45, 2.75) is 47.3 Å². The molecule has 4 aromatic rings. The van der Waals surface area contributed by atoms with Gasteiger partial charge in [0.05, 0.1) is 58.1 Å². The number of ether oxygens (including phenoxy) is 4. The molecule has 8 unspecified atom stereocenters. The lowest BCUT2D eigenvalue weighted by molar-refractivity contribution is -0.143. The SMILES string of the molecule is O=C1OCC2CC12c1ccc(Cl)c(Cl)c1.O=C1OCC2CC12c1ccc(Cl)cc1.O=C1OCC2CC12c1ccc(F)cc1.O=C1OCC2CC12c1ccccc1. The number of rotatable bonds is 4. The minimum Gasteiger partial charge on any atom is -0.465 e. The van der Waals surface area contributed by atoms with E-state index in [1.54, 1.807) is 24.3 Å². The molecule has 4 aromatic carbocycles. The average molecular weight is 818 g/mol. The molecule has 288 valence electrons. The Balaban J connectivity index is 0.0000000976. The maximum atomic E-state index is 12.7. The van der Waals surface area contributed by atoms with Crippen LogP contribution in [0.1, 0.15) is 47.9 Å². The number of halogens is 4. The van der Waals surface area contributed by atoms with Crippen LogP contribution in [0.15, 0.2) is 97.1 Å². The van der Waals surface area contributed by atoms with Gasteiger partial charge in [-0.1, -0.05) is 95.5 Å². The summed E-state index contributed by atoms with van der Waals surface area (Å²) in [6.07, 6.45) is 3.66. The van der Waals surface area contributed by atoms with Crippen LogP contribution in [0.5, 0.6) is 0 Å². The zero-order valence-electron chi connectivity index (χ0n) is 30.0. The van der Waals surface area contributed by atoms with E-state index in [9.17, 15) is 23.6 Å². The highest BCUT2D eigenvalue weighted by molar-refractivity contribution is 6.42. The van der Waals surface area contributed by atoms with E-state index in [0.717, 1.165) is 47.9 Å². The number of benzene rings is 4. The van der Waals surface area contributed by atoms with Crippen molar-refractivity contribution in [1.29, 1.82) is 0 Å². The monoisotopic (exact) mass is 816 g/mol. The number of esters is 4. The summed E-state index contributed by atoms with van der Waals surface area (Å²) in [5.74, 6) is 0.878. The van der Waals surface area contributed by atoms with Crippen molar-refractivity contribution in [1.82, 2.24) is 0 Å². The molecule has 56 heavy (non-hydrogen) atoms. The van der Waals surface area contributed by atoms with Crippen LogP contribution in [0.25, 0.3) is 0 Å². The Labute approximate surface area is 337 Å². The van der Waals surface area contributed by atoms with Gasteiger partial charge in [0.2, 0.25) is 0 Å². The minimum atomic E-state index is -0.423. The van der Waals surface area contributed by atoms with Crippen molar-refractivity contribution in [3.8, 4) is 0 Å². The molecule has 0 N–H and O–H groups in total. The Kier molecular flexibility index (Phi) is 9.02. The van der Waals surface area contributed by atoms with Gasteiger partial charge in [0.25, 0.3) is 0 Å². The third-order valence-corrected chi connectivity index (χ3v) is 14.0. The fourth-order valence-corrected chi connectivity index (χ4v) is 9.66. The average Bonchev–Trinajstić information content (AvgIpc) is 4.16. The van der Waals surface area contributed by atoms with Gasteiger partial charge in [-0.2, -0.15) is 0 Å². The summed E-state index contributed by atoms with van der Waals surface area (Å²) in [7, 11) is 0. The van der Waals surface area contributed by atoms with E-state index in [4.69, 9.17) is 53.8 Å². The van der Waals surface area contributed by atoms with E-state index in [1.165, 1.54) is 12.1 Å². The molecule has 8 atom stereocenters. The van der Waals surface area contributed by atoms with Gasteiger partial charge >= 0.3 is 23.9 Å². The number of carbonyl (C=O) groups is 4. The molecule has 4 aliphatic carbocycles. The summed E-state index contributed by atoms with van der Waals surface area (Å²) in [6.45, 7) is 2.27. The Bertz CT molecular complexity index is 2170. The fourth-order valence-electron chi connectivity index (χ4n) is 9.23. The molecule has 4 saturated carbocycles. The molecule has 8 aliphatic rings. The maximum absolute atomic E-state index is 12.7. The van der Waals surface area contributed by atoms with Crippen molar-refractivity contribution in [2.75, 3.05) is 26.4 Å². The second kappa shape index (κ2) is 13.6. The normalized spacial score (nSPS) is 33.8. The van der Waals surface area contributed by atoms with Crippen LogP contribution in [0, 0.1) is 29.5 Å². The van der Waals surface area contributed by atoms with E-state index in [-0.39, 0.29) is 40.5 Å². The first-order chi connectivity index (χ1) is 26.9. The lowest BCUT2D eigenvalue weighted by Crippen LogP contribution is -2.18. The Morgan fingerprint density at radius 2 is 0.804 bits per heavy atom. The van der Waals surface area contributed by atoms with Crippen LogP contribution in [0.4, 0.5) is 4.39 Å². The molecular formula is C44H36Cl3FO8. The molecule has 0 spiro atoms. The van der Waals surface area contributed by atoms with Crippen LogP contribution in [-0.4, -0.2) is 50.3 Å². The van der Waals surface area contributed by atoms with Crippen molar-refractivity contribution >= 4 is 58.7 Å². The highest BCUT2D eigenvalue weighted by Crippen LogP contribution is 2.61. The number of hydrogen-bond acceptors (Lipinski definition) is 8. The summed E-state index contributed by atoms with van der Waals surface area (Å²) < 4.78 is 32.8. The van der Waals surface area contributed by atoms with Crippen LogP contribution in [-0.2, 0) is 59.8 Å². The Morgan fingerprint density at radius 1 is 0.446 bits per heavy atom. The Hall–Kier alpha value is -4.44. The molecule has 0 radical (unpaired) electrons. The molecule has 12 heteroatoms. The molecule has 8 fully saturated rings. The summed E-state index contributed by atoms with van der Waals surface area (Å²) >= 11 is 17.6. The Morgan fingerprint density at radius 3 is 1.16 bits per heavy atom. The predicted octanol–water partition coefficient (Wildman–Crippen LogP) is 8.10. The molecular weight excluding hydrogens is 782 g/mol. The van der Waals surface area contributed by atoms with Crippen molar-refractivity contribution in [3.63, 3.8) is 0 Å². The highest BCUT2D eigenvalue weighted by Gasteiger charge is 2.69. The summed E-state index contributed by atoms with van der Waals surface area (Å²) in [6, 6.07) is 29.0. The number of cyclic esters (lactones) is 4. The first kappa shape index (κ1) is 37.2.